The average Bonchev–Trinajstić information content (AvgIpc) is 2.96. The molecule has 1 saturated carbocycles. The number of aromatic nitrogens is 2. The van der Waals surface area contributed by atoms with Gasteiger partial charge in [0.05, 0.1) is 26.0 Å². The van der Waals surface area contributed by atoms with Crippen LogP contribution in [0, 0.1) is 0 Å². The first-order valence-corrected chi connectivity index (χ1v) is 6.94. The van der Waals surface area contributed by atoms with Gasteiger partial charge in [0.15, 0.2) is 0 Å². The topological polar surface area (TPSA) is 73.7 Å². The smallest absolute Gasteiger partial charge is 0.241 e. The minimum absolute atomic E-state index is 0.280. The summed E-state index contributed by atoms with van der Waals surface area (Å²) < 4.78 is 16.1. The van der Waals surface area contributed by atoms with E-state index in [1.165, 1.54) is 20.4 Å². The molecular weight excluding hydrogens is 260 g/mol. The van der Waals surface area contributed by atoms with Crippen LogP contribution in [0.3, 0.4) is 0 Å². The maximum atomic E-state index is 10.7. The summed E-state index contributed by atoms with van der Waals surface area (Å²) in [4.78, 5) is 8.42. The highest BCUT2D eigenvalue weighted by Crippen LogP contribution is 2.44. The minimum atomic E-state index is -0.849. The van der Waals surface area contributed by atoms with Gasteiger partial charge in [-0.3, -0.25) is 0 Å². The Labute approximate surface area is 119 Å². The molecule has 6 heteroatoms. The summed E-state index contributed by atoms with van der Waals surface area (Å²) in [6, 6.07) is 0. The molecule has 0 saturated heterocycles. The number of ether oxygens (including phenoxy) is 3. The molecule has 0 spiro atoms. The van der Waals surface area contributed by atoms with Crippen molar-refractivity contribution in [3.8, 4) is 11.8 Å². The van der Waals surface area contributed by atoms with Gasteiger partial charge in [-0.05, 0) is 19.8 Å². The van der Waals surface area contributed by atoms with Crippen LogP contribution in [-0.4, -0.2) is 41.5 Å². The first kappa shape index (κ1) is 15.0. The van der Waals surface area contributed by atoms with Gasteiger partial charge in [-0.15, -0.1) is 0 Å². The van der Waals surface area contributed by atoms with E-state index in [2.05, 4.69) is 9.97 Å². The largest absolute Gasteiger partial charge is 0.480 e. The van der Waals surface area contributed by atoms with Crippen molar-refractivity contribution < 1.29 is 19.3 Å². The van der Waals surface area contributed by atoms with Crippen LogP contribution in [0.15, 0.2) is 6.20 Å². The minimum Gasteiger partial charge on any atom is -0.480 e. The Kier molecular flexibility index (Phi) is 4.77. The lowest BCUT2D eigenvalue weighted by Gasteiger charge is -2.33. The molecule has 1 N–H and O–H groups in total. The second-order valence-corrected chi connectivity index (χ2v) is 4.91. The molecule has 1 unspecified atom stereocenters. The number of methoxy groups -OCH3 is 2. The molecule has 20 heavy (non-hydrogen) atoms. The van der Waals surface area contributed by atoms with E-state index >= 15 is 0 Å². The number of rotatable bonds is 6. The van der Waals surface area contributed by atoms with Crippen LogP contribution in [0.1, 0.15) is 44.4 Å². The Morgan fingerprint density at radius 2 is 2.00 bits per heavy atom. The monoisotopic (exact) mass is 282 g/mol. The summed E-state index contributed by atoms with van der Waals surface area (Å²) in [7, 11) is 3.01. The predicted molar refractivity (Wildman–Crippen MR) is 72.9 cm³/mol. The summed E-state index contributed by atoms with van der Waals surface area (Å²) in [5.74, 6) is 0.637. The SMILES string of the molecule is CCOC1(C(O)c2ncc(OC)nc2OC)CCCC1. The van der Waals surface area contributed by atoms with Crippen molar-refractivity contribution in [1.82, 2.24) is 9.97 Å². The Bertz CT molecular complexity index is 447. The highest BCUT2D eigenvalue weighted by Gasteiger charge is 2.44. The van der Waals surface area contributed by atoms with Gasteiger partial charge in [0, 0.05) is 6.61 Å². The van der Waals surface area contributed by atoms with E-state index < -0.39 is 11.7 Å². The third-order valence-corrected chi connectivity index (χ3v) is 3.79. The molecule has 1 atom stereocenters. The number of nitrogens with zero attached hydrogens (tertiary/aromatic N) is 2. The molecule has 1 aromatic rings. The fourth-order valence-corrected chi connectivity index (χ4v) is 2.81. The fraction of sp³-hybridized carbons (Fsp3) is 0.714. The highest BCUT2D eigenvalue weighted by atomic mass is 16.5. The molecule has 1 aliphatic carbocycles. The van der Waals surface area contributed by atoms with Crippen molar-refractivity contribution in [2.45, 2.75) is 44.3 Å². The van der Waals surface area contributed by atoms with Crippen LogP contribution in [0.5, 0.6) is 11.8 Å². The first-order valence-electron chi connectivity index (χ1n) is 6.94. The van der Waals surface area contributed by atoms with E-state index in [0.717, 1.165) is 25.7 Å². The van der Waals surface area contributed by atoms with Crippen molar-refractivity contribution in [2.75, 3.05) is 20.8 Å². The molecule has 1 heterocycles. The zero-order valence-electron chi connectivity index (χ0n) is 12.3. The fourth-order valence-electron chi connectivity index (χ4n) is 2.81. The zero-order valence-corrected chi connectivity index (χ0v) is 12.3. The van der Waals surface area contributed by atoms with Gasteiger partial charge in [-0.2, -0.15) is 4.98 Å². The normalized spacial score (nSPS) is 18.8. The maximum absolute atomic E-state index is 10.7. The molecule has 0 radical (unpaired) electrons. The molecule has 0 bridgehead atoms. The van der Waals surface area contributed by atoms with E-state index in [1.807, 2.05) is 6.92 Å². The standard InChI is InChI=1S/C14H22N2O4/c1-4-20-14(7-5-6-8-14)12(17)11-13(19-3)16-10(18-2)9-15-11/h9,12,17H,4-8H2,1-3H3. The van der Waals surface area contributed by atoms with Crippen LogP contribution >= 0.6 is 0 Å². The summed E-state index contributed by atoms with van der Waals surface area (Å²) in [6.45, 7) is 2.49. The van der Waals surface area contributed by atoms with Crippen LogP contribution in [-0.2, 0) is 4.74 Å². The molecule has 6 nitrogen and oxygen atoms in total. The molecule has 0 aliphatic heterocycles. The van der Waals surface area contributed by atoms with Crippen LogP contribution in [0.4, 0.5) is 0 Å². The lowest BCUT2D eigenvalue weighted by Crippen LogP contribution is -2.37. The van der Waals surface area contributed by atoms with Crippen molar-refractivity contribution in [1.29, 1.82) is 0 Å². The van der Waals surface area contributed by atoms with Gasteiger partial charge < -0.3 is 19.3 Å². The highest BCUT2D eigenvalue weighted by molar-refractivity contribution is 5.27. The lowest BCUT2D eigenvalue weighted by molar-refractivity contribution is -0.120. The van der Waals surface area contributed by atoms with Gasteiger partial charge in [0.25, 0.3) is 0 Å². The number of aliphatic hydroxyl groups is 1. The van der Waals surface area contributed by atoms with Crippen LogP contribution in [0.25, 0.3) is 0 Å². The van der Waals surface area contributed by atoms with Gasteiger partial charge in [0.1, 0.15) is 11.8 Å². The van der Waals surface area contributed by atoms with E-state index in [-0.39, 0.29) is 5.88 Å². The molecule has 1 aromatic heterocycles. The number of hydrogen-bond acceptors (Lipinski definition) is 6. The Hall–Kier alpha value is -1.40. The summed E-state index contributed by atoms with van der Waals surface area (Å²) in [6.07, 6.45) is 4.36. The second-order valence-electron chi connectivity index (χ2n) is 4.91. The van der Waals surface area contributed by atoms with E-state index in [0.29, 0.717) is 18.2 Å². The lowest BCUT2D eigenvalue weighted by atomic mass is 9.92. The van der Waals surface area contributed by atoms with Gasteiger partial charge in [-0.25, -0.2) is 4.98 Å². The Morgan fingerprint density at radius 1 is 1.30 bits per heavy atom. The van der Waals surface area contributed by atoms with Crippen molar-refractivity contribution in [2.24, 2.45) is 0 Å². The molecule has 0 amide bonds. The average molecular weight is 282 g/mol. The molecule has 2 rings (SSSR count). The van der Waals surface area contributed by atoms with E-state index in [4.69, 9.17) is 14.2 Å². The Balaban J connectivity index is 2.33. The van der Waals surface area contributed by atoms with Crippen molar-refractivity contribution in [3.63, 3.8) is 0 Å². The molecular formula is C14H22N2O4. The summed E-state index contributed by atoms with van der Waals surface area (Å²) in [5.41, 5.74) is -0.172. The predicted octanol–water partition coefficient (Wildman–Crippen LogP) is 1.88. The van der Waals surface area contributed by atoms with E-state index in [1.54, 1.807) is 0 Å². The third-order valence-electron chi connectivity index (χ3n) is 3.79. The quantitative estimate of drug-likeness (QED) is 0.858. The van der Waals surface area contributed by atoms with E-state index in [9.17, 15) is 5.11 Å². The second kappa shape index (κ2) is 6.37. The molecule has 1 aliphatic rings. The van der Waals surface area contributed by atoms with Crippen LogP contribution < -0.4 is 9.47 Å². The third kappa shape index (κ3) is 2.71. The molecule has 0 aromatic carbocycles. The molecule has 112 valence electrons. The van der Waals surface area contributed by atoms with Gasteiger partial charge in [-0.1, -0.05) is 12.8 Å². The van der Waals surface area contributed by atoms with Gasteiger partial charge >= 0.3 is 0 Å². The number of aliphatic hydroxyl groups excluding tert-OH is 1. The molecule has 1 fully saturated rings. The first-order chi connectivity index (χ1) is 9.66. The maximum Gasteiger partial charge on any atom is 0.241 e. The zero-order chi connectivity index (χ0) is 14.6. The van der Waals surface area contributed by atoms with Gasteiger partial charge in [0.2, 0.25) is 11.8 Å². The summed E-state index contributed by atoms with van der Waals surface area (Å²) >= 11 is 0. The number of hydrogen-bond donors (Lipinski definition) is 1. The van der Waals surface area contributed by atoms with Crippen molar-refractivity contribution in [3.05, 3.63) is 11.9 Å². The van der Waals surface area contributed by atoms with Crippen molar-refractivity contribution >= 4 is 0 Å². The van der Waals surface area contributed by atoms with Crippen LogP contribution in [0.2, 0.25) is 0 Å². The Morgan fingerprint density at radius 3 is 2.55 bits per heavy atom. The summed E-state index contributed by atoms with van der Waals surface area (Å²) in [5, 5.41) is 10.7.